The van der Waals surface area contributed by atoms with Crippen molar-refractivity contribution < 1.29 is 14.6 Å². The predicted octanol–water partition coefficient (Wildman–Crippen LogP) is 3.30. The topological polar surface area (TPSA) is 92.4 Å². The Kier molecular flexibility index (Phi) is 7.83. The number of benzene rings is 1. The fraction of sp³-hybridized carbons (Fsp3) is 0.500. The average molecular weight is 387 g/mol. The van der Waals surface area contributed by atoms with Crippen molar-refractivity contribution in [2.24, 2.45) is 10.2 Å². The normalized spacial score (nSPS) is 11.8. The Labute approximate surface area is 166 Å². The molecular formula is C20H29N5O3. The number of aliphatic hydroxyl groups is 1. The predicted molar refractivity (Wildman–Crippen MR) is 108 cm³/mol. The summed E-state index contributed by atoms with van der Waals surface area (Å²) in [6.45, 7) is 7.09. The number of rotatable bonds is 10. The number of likely N-dealkylation sites (N-methyl/N-ethyl adjacent to an activating group) is 1. The number of methoxy groups -OCH3 is 1. The summed E-state index contributed by atoms with van der Waals surface area (Å²) in [4.78, 5) is 10.6. The number of ether oxygens (including phenoxy) is 2. The molecule has 0 fully saturated rings. The van der Waals surface area contributed by atoms with Crippen LogP contribution in [0.3, 0.4) is 0 Å². The molecule has 0 amide bonds. The van der Waals surface area contributed by atoms with Crippen LogP contribution in [-0.4, -0.2) is 54.6 Å². The van der Waals surface area contributed by atoms with Gasteiger partial charge >= 0.3 is 6.01 Å². The van der Waals surface area contributed by atoms with Crippen molar-refractivity contribution in [3.05, 3.63) is 41.5 Å². The monoisotopic (exact) mass is 387 g/mol. The van der Waals surface area contributed by atoms with Crippen LogP contribution in [0, 0.1) is 6.92 Å². The molecule has 28 heavy (non-hydrogen) atoms. The van der Waals surface area contributed by atoms with Gasteiger partial charge in [-0.15, -0.1) is 5.11 Å². The van der Waals surface area contributed by atoms with Crippen molar-refractivity contribution in [3.63, 3.8) is 0 Å². The van der Waals surface area contributed by atoms with Crippen molar-refractivity contribution >= 4 is 11.6 Å². The molecule has 0 unspecified atom stereocenters. The van der Waals surface area contributed by atoms with E-state index in [1.54, 1.807) is 27.0 Å². The van der Waals surface area contributed by atoms with Crippen LogP contribution >= 0.6 is 0 Å². The Morgan fingerprint density at radius 3 is 2.68 bits per heavy atom. The smallest absolute Gasteiger partial charge is 0.320 e. The zero-order chi connectivity index (χ0) is 20.6. The van der Waals surface area contributed by atoms with Gasteiger partial charge in [0.25, 0.3) is 0 Å². The lowest BCUT2D eigenvalue weighted by Crippen LogP contribution is -2.28. The van der Waals surface area contributed by atoms with E-state index in [1.165, 1.54) is 5.56 Å². The molecule has 0 bridgehead atoms. The van der Waals surface area contributed by atoms with E-state index >= 15 is 0 Å². The van der Waals surface area contributed by atoms with Gasteiger partial charge in [0.15, 0.2) is 5.82 Å². The third kappa shape index (κ3) is 7.58. The van der Waals surface area contributed by atoms with E-state index in [0.29, 0.717) is 31.3 Å². The largest absolute Gasteiger partial charge is 0.460 e. The molecule has 2 rings (SSSR count). The summed E-state index contributed by atoms with van der Waals surface area (Å²) in [6.07, 6.45) is 0. The highest BCUT2D eigenvalue weighted by Gasteiger charge is 2.16. The zero-order valence-electron chi connectivity index (χ0n) is 17.2. The van der Waals surface area contributed by atoms with Crippen LogP contribution < -0.4 is 9.64 Å². The van der Waals surface area contributed by atoms with Gasteiger partial charge in [0, 0.05) is 26.8 Å². The number of azo groups is 1. The molecule has 2 aromatic rings. The second kappa shape index (κ2) is 10.1. The third-order valence-electron chi connectivity index (χ3n) is 3.76. The molecule has 0 aliphatic carbocycles. The Morgan fingerprint density at radius 2 is 2.00 bits per heavy atom. The van der Waals surface area contributed by atoms with Gasteiger partial charge in [-0.2, -0.15) is 15.1 Å². The molecule has 0 spiro atoms. The van der Waals surface area contributed by atoms with E-state index in [-0.39, 0.29) is 12.6 Å². The standard InChI is InChI=1S/C20H29N5O3/c1-15-7-6-8-16(11-15)13-21-24-17-12-18(25(4)9-10-27-5)23-19(22-17)28-14-20(2,3)26/h6-8,11-12,26H,9-10,13-14H2,1-5H3. The lowest BCUT2D eigenvalue weighted by Gasteiger charge is -2.20. The Balaban J connectivity index is 2.18. The highest BCUT2D eigenvalue weighted by Crippen LogP contribution is 2.22. The van der Waals surface area contributed by atoms with Gasteiger partial charge in [-0.25, -0.2) is 0 Å². The van der Waals surface area contributed by atoms with Crippen molar-refractivity contribution in [2.75, 3.05) is 38.8 Å². The molecule has 0 saturated carbocycles. The number of nitrogens with zero attached hydrogens (tertiary/aromatic N) is 5. The van der Waals surface area contributed by atoms with Crippen molar-refractivity contribution in [1.82, 2.24) is 9.97 Å². The summed E-state index contributed by atoms with van der Waals surface area (Å²) >= 11 is 0. The molecule has 1 aromatic heterocycles. The molecule has 0 atom stereocenters. The summed E-state index contributed by atoms with van der Waals surface area (Å²) in [6, 6.07) is 10.0. The minimum absolute atomic E-state index is 0.0676. The van der Waals surface area contributed by atoms with E-state index in [0.717, 1.165) is 5.56 Å². The van der Waals surface area contributed by atoms with Gasteiger partial charge < -0.3 is 19.5 Å². The van der Waals surface area contributed by atoms with E-state index in [4.69, 9.17) is 9.47 Å². The van der Waals surface area contributed by atoms with Gasteiger partial charge in [0.2, 0.25) is 0 Å². The van der Waals surface area contributed by atoms with Crippen LogP contribution in [0.15, 0.2) is 40.6 Å². The summed E-state index contributed by atoms with van der Waals surface area (Å²) in [7, 11) is 3.55. The molecule has 1 aromatic carbocycles. The maximum atomic E-state index is 9.88. The van der Waals surface area contributed by atoms with Gasteiger partial charge in [-0.05, 0) is 26.3 Å². The number of aryl methyl sites for hydroxylation is 1. The van der Waals surface area contributed by atoms with Gasteiger partial charge in [0.05, 0.1) is 18.8 Å². The number of hydrogen-bond donors (Lipinski definition) is 1. The molecule has 0 radical (unpaired) electrons. The lowest BCUT2D eigenvalue weighted by atomic mass is 10.1. The number of aromatic nitrogens is 2. The first-order chi connectivity index (χ1) is 13.3. The van der Waals surface area contributed by atoms with Crippen LogP contribution in [0.25, 0.3) is 0 Å². The molecule has 8 nitrogen and oxygen atoms in total. The maximum absolute atomic E-state index is 9.88. The first kappa shape index (κ1) is 21.7. The molecule has 1 heterocycles. The molecular weight excluding hydrogens is 358 g/mol. The first-order valence-electron chi connectivity index (χ1n) is 9.14. The summed E-state index contributed by atoms with van der Waals surface area (Å²) < 4.78 is 10.7. The van der Waals surface area contributed by atoms with Crippen LogP contribution in [0.4, 0.5) is 11.6 Å². The van der Waals surface area contributed by atoms with Crippen molar-refractivity contribution in [2.45, 2.75) is 32.9 Å². The van der Waals surface area contributed by atoms with Crippen LogP contribution in [-0.2, 0) is 11.3 Å². The minimum atomic E-state index is -0.992. The third-order valence-corrected chi connectivity index (χ3v) is 3.76. The maximum Gasteiger partial charge on any atom is 0.320 e. The summed E-state index contributed by atoms with van der Waals surface area (Å²) in [5.74, 6) is 1.04. The summed E-state index contributed by atoms with van der Waals surface area (Å²) in [5.41, 5.74) is 1.27. The van der Waals surface area contributed by atoms with Crippen molar-refractivity contribution in [1.29, 1.82) is 0 Å². The Hall–Kier alpha value is -2.58. The van der Waals surface area contributed by atoms with Crippen LogP contribution in [0.2, 0.25) is 0 Å². The number of anilines is 1. The SMILES string of the molecule is COCCN(C)c1cc(N=NCc2cccc(C)c2)nc(OCC(C)(C)O)n1. The van der Waals surface area contributed by atoms with Gasteiger partial charge in [-0.1, -0.05) is 29.8 Å². The second-order valence-electron chi connectivity index (χ2n) is 7.27. The molecule has 1 N–H and O–H groups in total. The summed E-state index contributed by atoms with van der Waals surface area (Å²) in [5, 5.41) is 18.4. The molecule has 0 saturated heterocycles. The lowest BCUT2D eigenvalue weighted by molar-refractivity contribution is 0.0251. The molecule has 152 valence electrons. The Bertz CT molecular complexity index is 790. The second-order valence-corrected chi connectivity index (χ2v) is 7.27. The van der Waals surface area contributed by atoms with Crippen molar-refractivity contribution in [3.8, 4) is 6.01 Å². The zero-order valence-corrected chi connectivity index (χ0v) is 17.2. The average Bonchev–Trinajstić information content (AvgIpc) is 2.64. The van der Waals surface area contributed by atoms with Crippen LogP contribution in [0.1, 0.15) is 25.0 Å². The van der Waals surface area contributed by atoms with Gasteiger partial charge in [0.1, 0.15) is 12.4 Å². The highest BCUT2D eigenvalue weighted by atomic mass is 16.5. The molecule has 0 aliphatic rings. The molecule has 0 aliphatic heterocycles. The molecule has 8 heteroatoms. The van der Waals surface area contributed by atoms with E-state index in [9.17, 15) is 5.11 Å². The van der Waals surface area contributed by atoms with E-state index in [2.05, 4.69) is 26.3 Å². The van der Waals surface area contributed by atoms with E-state index in [1.807, 2.05) is 37.1 Å². The highest BCUT2D eigenvalue weighted by molar-refractivity contribution is 5.46. The Morgan fingerprint density at radius 1 is 1.21 bits per heavy atom. The number of hydrogen-bond acceptors (Lipinski definition) is 8. The van der Waals surface area contributed by atoms with Gasteiger partial charge in [-0.3, -0.25) is 0 Å². The fourth-order valence-electron chi connectivity index (χ4n) is 2.30. The fourth-order valence-corrected chi connectivity index (χ4v) is 2.30. The first-order valence-corrected chi connectivity index (χ1v) is 9.14. The minimum Gasteiger partial charge on any atom is -0.460 e. The van der Waals surface area contributed by atoms with Crippen LogP contribution in [0.5, 0.6) is 6.01 Å². The van der Waals surface area contributed by atoms with E-state index < -0.39 is 5.60 Å². The quantitative estimate of drug-likeness (QED) is 0.629.